The fourth-order valence-corrected chi connectivity index (χ4v) is 3.54. The molecule has 2 N–H and O–H groups in total. The van der Waals surface area contributed by atoms with Gasteiger partial charge in [0.15, 0.2) is 0 Å². The predicted molar refractivity (Wildman–Crippen MR) is 59.5 cm³/mol. The molecule has 2 aliphatic rings. The Labute approximate surface area is 97.9 Å². The Morgan fingerprint density at radius 3 is 3.19 bits per heavy atom. The lowest BCUT2D eigenvalue weighted by Gasteiger charge is -2.28. The first kappa shape index (κ1) is 11.6. The summed E-state index contributed by atoms with van der Waals surface area (Å²) in [4.78, 5) is 21.4. The number of carbonyl (C=O) groups excluding carboxylic acids is 1. The number of amides is 1. The van der Waals surface area contributed by atoms with Gasteiger partial charge in [0.25, 0.3) is 0 Å². The highest BCUT2D eigenvalue weighted by Crippen LogP contribution is 2.33. The number of aliphatic carboxylic acids is 1. The van der Waals surface area contributed by atoms with Gasteiger partial charge >= 0.3 is 12.1 Å². The molecule has 90 valence electrons. The van der Waals surface area contributed by atoms with Crippen molar-refractivity contribution < 1.29 is 19.4 Å². The number of hydrogen-bond donors (Lipinski definition) is 2. The molecule has 2 rings (SSSR count). The van der Waals surface area contributed by atoms with E-state index in [0.29, 0.717) is 11.7 Å². The molecule has 0 aromatic carbocycles. The Balaban J connectivity index is 1.73. The molecule has 5 nitrogen and oxygen atoms in total. The Bertz CT molecular complexity index is 297. The fraction of sp³-hybridized carbons (Fsp3) is 0.800. The first-order valence-electron chi connectivity index (χ1n) is 5.45. The zero-order valence-corrected chi connectivity index (χ0v) is 9.66. The summed E-state index contributed by atoms with van der Waals surface area (Å²) in [7, 11) is 0. The predicted octanol–water partition coefficient (Wildman–Crippen LogP) is 1.22. The molecule has 2 heterocycles. The maximum atomic E-state index is 11.0. The molecule has 2 saturated heterocycles. The summed E-state index contributed by atoms with van der Waals surface area (Å²) >= 11 is 1.81. The van der Waals surface area contributed by atoms with Gasteiger partial charge in [-0.05, 0) is 19.3 Å². The number of ether oxygens (including phenoxy) is 1. The van der Waals surface area contributed by atoms with Crippen LogP contribution in [0.3, 0.4) is 0 Å². The van der Waals surface area contributed by atoms with Crippen LogP contribution in [0.5, 0.6) is 0 Å². The lowest BCUT2D eigenvalue weighted by atomic mass is 10.0. The molecule has 0 unspecified atom stereocenters. The second-order valence-electron chi connectivity index (χ2n) is 4.17. The highest BCUT2D eigenvalue weighted by atomic mass is 32.2. The fourth-order valence-electron chi connectivity index (χ4n) is 2.11. The molecular weight excluding hydrogens is 230 g/mol. The molecule has 0 aromatic rings. The van der Waals surface area contributed by atoms with Crippen molar-refractivity contribution >= 4 is 23.8 Å². The third kappa shape index (κ3) is 2.81. The second-order valence-corrected chi connectivity index (χ2v) is 5.50. The molecule has 0 aromatic heterocycles. The van der Waals surface area contributed by atoms with Crippen molar-refractivity contribution in [1.29, 1.82) is 0 Å². The summed E-state index contributed by atoms with van der Waals surface area (Å²) in [5.74, 6) is 0.126. The maximum Gasteiger partial charge on any atom is 0.407 e. The van der Waals surface area contributed by atoms with E-state index >= 15 is 0 Å². The van der Waals surface area contributed by atoms with Crippen LogP contribution in [-0.2, 0) is 9.53 Å². The molecule has 0 radical (unpaired) electrons. The van der Waals surface area contributed by atoms with Crippen LogP contribution in [0.4, 0.5) is 4.79 Å². The van der Waals surface area contributed by atoms with Crippen LogP contribution in [0.25, 0.3) is 0 Å². The first-order valence-corrected chi connectivity index (χ1v) is 6.50. The van der Waals surface area contributed by atoms with Gasteiger partial charge < -0.3 is 15.2 Å². The van der Waals surface area contributed by atoms with E-state index in [4.69, 9.17) is 9.84 Å². The van der Waals surface area contributed by atoms with E-state index in [1.807, 2.05) is 0 Å². The first-order chi connectivity index (χ1) is 7.65. The third-order valence-corrected chi connectivity index (χ3v) is 4.38. The van der Waals surface area contributed by atoms with E-state index in [-0.39, 0.29) is 24.7 Å². The number of fused-ring (bicyclic) bond motifs is 1. The minimum atomic E-state index is -0.743. The van der Waals surface area contributed by atoms with Crippen LogP contribution in [0.1, 0.15) is 25.7 Å². The lowest BCUT2D eigenvalue weighted by Crippen LogP contribution is -2.39. The van der Waals surface area contributed by atoms with E-state index in [0.717, 1.165) is 18.6 Å². The number of rotatable bonds is 4. The van der Waals surface area contributed by atoms with Gasteiger partial charge in [0.1, 0.15) is 6.10 Å². The Morgan fingerprint density at radius 1 is 1.62 bits per heavy atom. The summed E-state index contributed by atoms with van der Waals surface area (Å²) in [6.45, 7) is 0. The molecule has 0 aliphatic carbocycles. The summed E-state index contributed by atoms with van der Waals surface area (Å²) in [5.41, 5.74) is 0. The van der Waals surface area contributed by atoms with Crippen molar-refractivity contribution in [1.82, 2.24) is 5.32 Å². The van der Waals surface area contributed by atoms with Crippen molar-refractivity contribution in [3.63, 3.8) is 0 Å². The van der Waals surface area contributed by atoms with E-state index in [1.54, 1.807) is 11.8 Å². The van der Waals surface area contributed by atoms with E-state index in [2.05, 4.69) is 5.32 Å². The second kappa shape index (κ2) is 4.95. The molecule has 16 heavy (non-hydrogen) atoms. The summed E-state index contributed by atoms with van der Waals surface area (Å²) < 4.78 is 5.14. The number of thioether (sulfide) groups is 1. The Kier molecular flexibility index (Phi) is 3.58. The number of hydrogen-bond acceptors (Lipinski definition) is 4. The monoisotopic (exact) mass is 245 g/mol. The highest BCUT2D eigenvalue weighted by Gasteiger charge is 2.39. The van der Waals surface area contributed by atoms with Crippen LogP contribution >= 0.6 is 11.8 Å². The minimum Gasteiger partial charge on any atom is -0.481 e. The molecule has 0 bridgehead atoms. The molecule has 1 amide bonds. The molecule has 3 atom stereocenters. The van der Waals surface area contributed by atoms with Crippen molar-refractivity contribution in [3.05, 3.63) is 0 Å². The minimum absolute atomic E-state index is 0.0106. The quantitative estimate of drug-likeness (QED) is 0.779. The zero-order valence-electron chi connectivity index (χ0n) is 8.85. The largest absolute Gasteiger partial charge is 0.481 e. The van der Waals surface area contributed by atoms with Crippen molar-refractivity contribution in [2.24, 2.45) is 0 Å². The van der Waals surface area contributed by atoms with Crippen LogP contribution < -0.4 is 5.32 Å². The normalized spacial score (nSPS) is 32.8. The highest BCUT2D eigenvalue weighted by molar-refractivity contribution is 8.00. The Morgan fingerprint density at radius 2 is 2.44 bits per heavy atom. The lowest BCUT2D eigenvalue weighted by molar-refractivity contribution is -0.137. The summed E-state index contributed by atoms with van der Waals surface area (Å²) in [6, 6.07) is 0.147. The number of nitrogens with one attached hydrogen (secondary N) is 1. The average Bonchev–Trinajstić information content (AvgIpc) is 2.56. The average molecular weight is 245 g/mol. The summed E-state index contributed by atoms with van der Waals surface area (Å²) in [5, 5.41) is 11.7. The van der Waals surface area contributed by atoms with Crippen molar-refractivity contribution in [3.8, 4) is 0 Å². The van der Waals surface area contributed by atoms with Gasteiger partial charge in [0, 0.05) is 17.4 Å². The molecule has 6 heteroatoms. The molecule has 2 aliphatic heterocycles. The molecule has 2 fully saturated rings. The van der Waals surface area contributed by atoms with E-state index in [1.165, 1.54) is 0 Å². The summed E-state index contributed by atoms with van der Waals surface area (Å²) in [6.07, 6.45) is 2.32. The smallest absolute Gasteiger partial charge is 0.407 e. The van der Waals surface area contributed by atoms with Crippen molar-refractivity contribution in [2.45, 2.75) is 43.1 Å². The zero-order chi connectivity index (χ0) is 11.5. The van der Waals surface area contributed by atoms with Crippen LogP contribution in [-0.4, -0.2) is 40.3 Å². The number of carboxylic acids is 1. The van der Waals surface area contributed by atoms with Crippen LogP contribution in [0, 0.1) is 0 Å². The number of carboxylic acid groups (broad SMARTS) is 1. The van der Waals surface area contributed by atoms with Gasteiger partial charge in [-0.2, -0.15) is 11.8 Å². The van der Waals surface area contributed by atoms with Gasteiger partial charge in [-0.25, -0.2) is 4.79 Å². The van der Waals surface area contributed by atoms with E-state index in [9.17, 15) is 9.59 Å². The number of alkyl carbamates (subject to hydrolysis) is 1. The van der Waals surface area contributed by atoms with Crippen LogP contribution in [0.15, 0.2) is 0 Å². The van der Waals surface area contributed by atoms with Gasteiger partial charge in [0.2, 0.25) is 0 Å². The topological polar surface area (TPSA) is 75.6 Å². The Hall–Kier alpha value is -0.910. The molecule has 0 spiro atoms. The van der Waals surface area contributed by atoms with Gasteiger partial charge in [-0.15, -0.1) is 0 Å². The van der Waals surface area contributed by atoms with Gasteiger partial charge in [-0.3, -0.25) is 4.79 Å². The van der Waals surface area contributed by atoms with Crippen LogP contribution in [0.2, 0.25) is 0 Å². The molecular formula is C10H15NO4S. The van der Waals surface area contributed by atoms with Gasteiger partial charge in [-0.1, -0.05) is 0 Å². The van der Waals surface area contributed by atoms with E-state index < -0.39 is 5.97 Å². The van der Waals surface area contributed by atoms with Crippen molar-refractivity contribution in [2.75, 3.05) is 5.75 Å². The van der Waals surface area contributed by atoms with Gasteiger partial charge in [0.05, 0.1) is 6.04 Å². The standard InChI is InChI=1S/C10H15NO4S/c12-9(13)3-1-2-6-4-8-7(5-16-6)11-10(14)15-8/h6-8H,1-5H2,(H,11,14)(H,12,13)/t6-,7-,8+/m0/s1. The third-order valence-electron chi connectivity index (χ3n) is 2.93. The SMILES string of the molecule is O=C(O)CCC[C@H]1C[C@H]2OC(=O)N[C@H]2CS1. The molecule has 0 saturated carbocycles. The maximum absolute atomic E-state index is 11.0. The number of carbonyl (C=O) groups is 2.